The van der Waals surface area contributed by atoms with Crippen molar-refractivity contribution >= 4 is 6.29 Å². The summed E-state index contributed by atoms with van der Waals surface area (Å²) in [5.74, 6) is 6.23. The van der Waals surface area contributed by atoms with Gasteiger partial charge in [-0.2, -0.15) is 0 Å². The van der Waals surface area contributed by atoms with E-state index in [1.54, 1.807) is 6.07 Å². The summed E-state index contributed by atoms with van der Waals surface area (Å²) in [5, 5.41) is 0. The molecule has 1 nitrogen and oxygen atoms in total. The lowest BCUT2D eigenvalue weighted by molar-refractivity contribution is 0.112. The van der Waals surface area contributed by atoms with Crippen molar-refractivity contribution in [2.45, 2.75) is 52.9 Å². The number of aldehydes is 1. The van der Waals surface area contributed by atoms with Gasteiger partial charge in [0, 0.05) is 17.5 Å². The second kappa shape index (κ2) is 11.9. The minimum absolute atomic E-state index is 0.692. The van der Waals surface area contributed by atoms with Crippen LogP contribution in [0.25, 0.3) is 0 Å². The van der Waals surface area contributed by atoms with Gasteiger partial charge < -0.3 is 0 Å². The number of hydrogen-bond donors (Lipinski definition) is 0. The predicted octanol–water partition coefficient (Wildman–Crippen LogP) is 4.85. The molecule has 0 saturated carbocycles. The van der Waals surface area contributed by atoms with Gasteiger partial charge in [-0.25, -0.2) is 0 Å². The van der Waals surface area contributed by atoms with Crippen molar-refractivity contribution in [1.82, 2.24) is 0 Å². The van der Waals surface area contributed by atoms with Crippen LogP contribution in [0.5, 0.6) is 0 Å². The van der Waals surface area contributed by atoms with E-state index < -0.39 is 0 Å². The zero-order valence-corrected chi connectivity index (χ0v) is 11.8. The smallest absolute Gasteiger partial charge is 0.150 e. The fraction of sp³-hybridized carbons (Fsp3) is 0.471. The van der Waals surface area contributed by atoms with Gasteiger partial charge in [0.2, 0.25) is 0 Å². The lowest BCUT2D eigenvalue weighted by Gasteiger charge is -1.93. The molecule has 0 amide bonds. The quantitative estimate of drug-likeness (QED) is 0.411. The molecule has 0 unspecified atom stereocenters. The third-order valence-corrected chi connectivity index (χ3v) is 2.41. The molecule has 1 rings (SSSR count). The van der Waals surface area contributed by atoms with Crippen molar-refractivity contribution in [2.75, 3.05) is 0 Å². The summed E-state index contributed by atoms with van der Waals surface area (Å²) in [6, 6.07) is 7.42. The summed E-state index contributed by atoms with van der Waals surface area (Å²) < 4.78 is 0. The molecule has 0 aliphatic carbocycles. The molecule has 0 aromatic heterocycles. The van der Waals surface area contributed by atoms with Crippen molar-refractivity contribution in [2.24, 2.45) is 0 Å². The first-order valence-corrected chi connectivity index (χ1v) is 6.91. The highest BCUT2D eigenvalue weighted by Gasteiger charge is 1.90. The summed E-state index contributed by atoms with van der Waals surface area (Å²) in [5.41, 5.74) is 1.62. The van der Waals surface area contributed by atoms with E-state index in [0.29, 0.717) is 5.56 Å². The Kier molecular flexibility index (Phi) is 10.9. The SMILES string of the molecule is CC.CCCCCCC#Cc1cccc(C=O)c1. The van der Waals surface area contributed by atoms with E-state index in [-0.39, 0.29) is 0 Å². The van der Waals surface area contributed by atoms with Crippen molar-refractivity contribution < 1.29 is 4.79 Å². The van der Waals surface area contributed by atoms with Crippen LogP contribution < -0.4 is 0 Å². The largest absolute Gasteiger partial charge is 0.298 e. The van der Waals surface area contributed by atoms with Gasteiger partial charge >= 0.3 is 0 Å². The van der Waals surface area contributed by atoms with Crippen LogP contribution >= 0.6 is 0 Å². The summed E-state index contributed by atoms with van der Waals surface area (Å²) in [6.07, 6.45) is 6.79. The zero-order chi connectivity index (χ0) is 13.6. The number of carbonyl (C=O) groups excluding carboxylic acids is 1. The van der Waals surface area contributed by atoms with E-state index in [0.717, 1.165) is 18.3 Å². The van der Waals surface area contributed by atoms with Gasteiger partial charge in [-0.1, -0.05) is 64.0 Å². The molecule has 0 bridgehead atoms. The molecule has 0 radical (unpaired) electrons. The lowest BCUT2D eigenvalue weighted by Crippen LogP contribution is -1.81. The summed E-state index contributed by atoms with van der Waals surface area (Å²) in [7, 11) is 0. The van der Waals surface area contributed by atoms with Gasteiger partial charge in [-0.3, -0.25) is 4.79 Å². The van der Waals surface area contributed by atoms with Crippen molar-refractivity contribution in [3.8, 4) is 11.8 Å². The van der Waals surface area contributed by atoms with E-state index in [1.165, 1.54) is 25.7 Å². The normalized spacial score (nSPS) is 8.61. The Hall–Kier alpha value is -1.55. The molecule has 1 aromatic rings. The molecule has 98 valence electrons. The molecular weight excluding hydrogens is 220 g/mol. The Labute approximate surface area is 112 Å². The maximum atomic E-state index is 10.6. The molecule has 0 saturated heterocycles. The second-order valence-corrected chi connectivity index (χ2v) is 3.86. The molecule has 18 heavy (non-hydrogen) atoms. The Morgan fingerprint density at radius 2 is 1.94 bits per heavy atom. The van der Waals surface area contributed by atoms with Crippen molar-refractivity contribution in [3.63, 3.8) is 0 Å². The maximum absolute atomic E-state index is 10.6. The van der Waals surface area contributed by atoms with Crippen LogP contribution in [-0.4, -0.2) is 6.29 Å². The van der Waals surface area contributed by atoms with Gasteiger partial charge in [0.1, 0.15) is 6.29 Å². The number of carbonyl (C=O) groups is 1. The Bertz CT molecular complexity index is 382. The molecule has 0 atom stereocenters. The summed E-state index contributed by atoms with van der Waals surface area (Å²) >= 11 is 0. The molecule has 0 N–H and O–H groups in total. The third kappa shape index (κ3) is 7.68. The first-order chi connectivity index (χ1) is 8.86. The van der Waals surface area contributed by atoms with Crippen LogP contribution in [0.2, 0.25) is 0 Å². The lowest BCUT2D eigenvalue weighted by atomic mass is 10.1. The maximum Gasteiger partial charge on any atom is 0.150 e. The minimum Gasteiger partial charge on any atom is -0.298 e. The third-order valence-electron chi connectivity index (χ3n) is 2.41. The summed E-state index contributed by atoms with van der Waals surface area (Å²) in [4.78, 5) is 10.6. The van der Waals surface area contributed by atoms with Crippen LogP contribution in [0.4, 0.5) is 0 Å². The van der Waals surface area contributed by atoms with E-state index >= 15 is 0 Å². The van der Waals surface area contributed by atoms with Crippen LogP contribution in [-0.2, 0) is 0 Å². The number of hydrogen-bond acceptors (Lipinski definition) is 1. The highest BCUT2D eigenvalue weighted by atomic mass is 16.1. The van der Waals surface area contributed by atoms with E-state index in [2.05, 4.69) is 18.8 Å². The number of unbranched alkanes of at least 4 members (excludes halogenated alkanes) is 4. The standard InChI is InChI=1S/C15H18O.C2H6/c1-2-3-4-5-6-7-9-14-10-8-11-15(12-14)13-16;1-2/h8,10-13H,2-6H2,1H3;1-2H3. The molecule has 1 heteroatoms. The summed E-state index contributed by atoms with van der Waals surface area (Å²) in [6.45, 7) is 6.20. The molecule has 0 fully saturated rings. The fourth-order valence-electron chi connectivity index (χ4n) is 1.49. The predicted molar refractivity (Wildman–Crippen MR) is 78.8 cm³/mol. The molecule has 0 spiro atoms. The molecule has 0 heterocycles. The highest BCUT2D eigenvalue weighted by Crippen LogP contribution is 2.03. The molecule has 1 aromatic carbocycles. The van der Waals surface area contributed by atoms with E-state index in [9.17, 15) is 4.79 Å². The Morgan fingerprint density at radius 3 is 2.61 bits per heavy atom. The second-order valence-electron chi connectivity index (χ2n) is 3.86. The van der Waals surface area contributed by atoms with Gasteiger partial charge in [-0.05, 0) is 18.6 Å². The van der Waals surface area contributed by atoms with Gasteiger partial charge in [0.05, 0.1) is 0 Å². The first-order valence-electron chi connectivity index (χ1n) is 6.91. The van der Waals surface area contributed by atoms with Crippen LogP contribution in [0, 0.1) is 11.8 Å². The Balaban J connectivity index is 0.00000137. The van der Waals surface area contributed by atoms with Crippen LogP contribution in [0.15, 0.2) is 24.3 Å². The van der Waals surface area contributed by atoms with Crippen molar-refractivity contribution in [1.29, 1.82) is 0 Å². The monoisotopic (exact) mass is 244 g/mol. The van der Waals surface area contributed by atoms with Crippen molar-refractivity contribution in [3.05, 3.63) is 35.4 Å². The fourth-order valence-corrected chi connectivity index (χ4v) is 1.49. The highest BCUT2D eigenvalue weighted by molar-refractivity contribution is 5.75. The van der Waals surface area contributed by atoms with E-state index in [1.807, 2.05) is 32.0 Å². The first kappa shape index (κ1) is 16.4. The van der Waals surface area contributed by atoms with Gasteiger partial charge in [0.15, 0.2) is 0 Å². The van der Waals surface area contributed by atoms with E-state index in [4.69, 9.17) is 0 Å². The van der Waals surface area contributed by atoms with Gasteiger partial charge in [0.25, 0.3) is 0 Å². The zero-order valence-electron chi connectivity index (χ0n) is 11.8. The molecule has 0 aliphatic heterocycles. The minimum atomic E-state index is 0.692. The van der Waals surface area contributed by atoms with Crippen LogP contribution in [0.1, 0.15) is 68.8 Å². The number of rotatable bonds is 5. The topological polar surface area (TPSA) is 17.1 Å². The average molecular weight is 244 g/mol. The molecular formula is C17H24O. The number of benzene rings is 1. The Morgan fingerprint density at radius 1 is 1.17 bits per heavy atom. The van der Waals surface area contributed by atoms with Crippen LogP contribution in [0.3, 0.4) is 0 Å². The van der Waals surface area contributed by atoms with Gasteiger partial charge in [-0.15, -0.1) is 0 Å². The average Bonchev–Trinajstić information content (AvgIpc) is 2.45. The molecule has 0 aliphatic rings.